The second-order valence-corrected chi connectivity index (χ2v) is 8.95. The molecular weight excluding hydrogens is 378 g/mol. The minimum Gasteiger partial charge on any atom is -0.355 e. The number of aromatic nitrogens is 1. The van der Waals surface area contributed by atoms with Crippen LogP contribution in [-0.2, 0) is 4.79 Å². The van der Waals surface area contributed by atoms with Gasteiger partial charge in [-0.1, -0.05) is 49.4 Å². The highest BCUT2D eigenvalue weighted by Crippen LogP contribution is 2.30. The van der Waals surface area contributed by atoms with E-state index >= 15 is 0 Å². The van der Waals surface area contributed by atoms with Gasteiger partial charge >= 0.3 is 0 Å². The predicted molar refractivity (Wildman–Crippen MR) is 116 cm³/mol. The van der Waals surface area contributed by atoms with E-state index in [1.54, 1.807) is 0 Å². The Bertz CT molecular complexity index is 904. The standard InChI is InChI=1S/C23H31N5O2/c1-28-13-11-23(16-24,12-14-28)26-22(29)19(15-17-7-3-2-4-8-17)25-21-18-9-5-6-10-20(18)30-27-21/h5-6,9-10,17,19H,2-4,7-8,11-15H2,1H3,(H,25,27)(H,26,29). The number of hydrogen-bond acceptors (Lipinski definition) is 6. The zero-order valence-corrected chi connectivity index (χ0v) is 17.7. The topological polar surface area (TPSA) is 94.2 Å². The summed E-state index contributed by atoms with van der Waals surface area (Å²) in [4.78, 5) is 15.6. The van der Waals surface area contributed by atoms with E-state index in [1.165, 1.54) is 19.3 Å². The maximum atomic E-state index is 13.4. The molecule has 2 heterocycles. The molecule has 1 aromatic carbocycles. The van der Waals surface area contributed by atoms with Gasteiger partial charge in [-0.25, -0.2) is 0 Å². The van der Waals surface area contributed by atoms with Crippen LogP contribution >= 0.6 is 0 Å². The molecule has 1 aromatic heterocycles. The molecule has 1 atom stereocenters. The van der Waals surface area contributed by atoms with Crippen molar-refractivity contribution < 1.29 is 9.32 Å². The molecule has 2 aliphatic rings. The monoisotopic (exact) mass is 409 g/mol. The molecule has 7 nitrogen and oxygen atoms in total. The van der Waals surface area contributed by atoms with Crippen LogP contribution < -0.4 is 10.6 Å². The highest BCUT2D eigenvalue weighted by atomic mass is 16.5. The summed E-state index contributed by atoms with van der Waals surface area (Å²) < 4.78 is 5.42. The molecule has 0 spiro atoms. The van der Waals surface area contributed by atoms with Crippen LogP contribution in [0.2, 0.25) is 0 Å². The van der Waals surface area contributed by atoms with Crippen LogP contribution in [0.3, 0.4) is 0 Å². The Hall–Kier alpha value is -2.59. The second kappa shape index (κ2) is 9.05. The molecule has 1 aliphatic carbocycles. The molecule has 1 saturated heterocycles. The molecule has 1 amide bonds. The molecule has 2 N–H and O–H groups in total. The number of nitrogens with one attached hydrogen (secondary N) is 2. The van der Waals surface area contributed by atoms with Crippen LogP contribution in [-0.4, -0.2) is 47.7 Å². The Balaban J connectivity index is 1.53. The zero-order valence-electron chi connectivity index (χ0n) is 17.7. The molecule has 1 saturated carbocycles. The molecule has 7 heteroatoms. The SMILES string of the molecule is CN1CCC(C#N)(NC(=O)C(CC2CCCCC2)Nc2noc3ccccc23)CC1. The highest BCUT2D eigenvalue weighted by Gasteiger charge is 2.37. The molecule has 1 aliphatic heterocycles. The molecule has 4 rings (SSSR count). The van der Waals surface area contributed by atoms with Crippen LogP contribution in [0.5, 0.6) is 0 Å². The van der Waals surface area contributed by atoms with Crippen molar-refractivity contribution in [3.05, 3.63) is 24.3 Å². The van der Waals surface area contributed by atoms with Crippen LogP contribution in [0.4, 0.5) is 5.82 Å². The van der Waals surface area contributed by atoms with E-state index in [1.807, 2.05) is 31.3 Å². The fraction of sp³-hybridized carbons (Fsp3) is 0.609. The van der Waals surface area contributed by atoms with Gasteiger partial charge in [0.15, 0.2) is 11.4 Å². The van der Waals surface area contributed by atoms with Crippen molar-refractivity contribution in [2.24, 2.45) is 5.92 Å². The third-order valence-electron chi connectivity index (χ3n) is 6.72. The summed E-state index contributed by atoms with van der Waals surface area (Å²) >= 11 is 0. The summed E-state index contributed by atoms with van der Waals surface area (Å²) in [5.74, 6) is 0.991. The number of benzene rings is 1. The third kappa shape index (κ3) is 4.59. The third-order valence-corrected chi connectivity index (χ3v) is 6.72. The van der Waals surface area contributed by atoms with Crippen molar-refractivity contribution in [1.82, 2.24) is 15.4 Å². The van der Waals surface area contributed by atoms with E-state index in [-0.39, 0.29) is 5.91 Å². The van der Waals surface area contributed by atoms with Gasteiger partial charge in [-0.2, -0.15) is 5.26 Å². The van der Waals surface area contributed by atoms with Crippen LogP contribution in [0.25, 0.3) is 11.0 Å². The first kappa shape index (κ1) is 20.7. The fourth-order valence-electron chi connectivity index (χ4n) is 4.73. The van der Waals surface area contributed by atoms with Gasteiger partial charge in [0, 0.05) is 13.1 Å². The number of nitrogens with zero attached hydrogens (tertiary/aromatic N) is 3. The van der Waals surface area contributed by atoms with Crippen molar-refractivity contribution in [1.29, 1.82) is 5.26 Å². The number of anilines is 1. The summed E-state index contributed by atoms with van der Waals surface area (Å²) in [6.07, 6.45) is 8.07. The molecule has 0 bridgehead atoms. The second-order valence-electron chi connectivity index (χ2n) is 8.95. The maximum absolute atomic E-state index is 13.4. The van der Waals surface area contributed by atoms with E-state index in [0.717, 1.165) is 37.7 Å². The number of piperidine rings is 1. The number of likely N-dealkylation sites (tertiary alicyclic amines) is 1. The van der Waals surface area contributed by atoms with Gasteiger partial charge in [-0.3, -0.25) is 4.79 Å². The minimum absolute atomic E-state index is 0.112. The van der Waals surface area contributed by atoms with Crippen molar-refractivity contribution in [2.75, 3.05) is 25.5 Å². The van der Waals surface area contributed by atoms with Gasteiger partial charge in [0.2, 0.25) is 5.91 Å². The lowest BCUT2D eigenvalue weighted by atomic mass is 9.84. The molecule has 2 aromatic rings. The fourth-order valence-corrected chi connectivity index (χ4v) is 4.73. The number of nitriles is 1. The summed E-state index contributed by atoms with van der Waals surface area (Å²) in [7, 11) is 2.05. The van der Waals surface area contributed by atoms with E-state index in [9.17, 15) is 10.1 Å². The summed E-state index contributed by atoms with van der Waals surface area (Å²) in [6, 6.07) is 9.60. The van der Waals surface area contributed by atoms with Gasteiger partial charge < -0.3 is 20.1 Å². The first-order chi connectivity index (χ1) is 14.6. The number of carbonyl (C=O) groups is 1. The van der Waals surface area contributed by atoms with E-state index < -0.39 is 11.6 Å². The number of fused-ring (bicyclic) bond motifs is 1. The Kier molecular flexibility index (Phi) is 6.24. The average Bonchev–Trinajstić information content (AvgIpc) is 3.19. The van der Waals surface area contributed by atoms with Gasteiger partial charge in [0.1, 0.15) is 11.6 Å². The molecule has 2 fully saturated rings. The number of rotatable bonds is 6. The highest BCUT2D eigenvalue weighted by molar-refractivity contribution is 5.91. The van der Waals surface area contributed by atoms with Crippen molar-refractivity contribution in [3.8, 4) is 6.07 Å². The lowest BCUT2D eigenvalue weighted by molar-refractivity contribution is -0.124. The van der Waals surface area contributed by atoms with Crippen LogP contribution in [0.15, 0.2) is 28.8 Å². The van der Waals surface area contributed by atoms with Crippen molar-refractivity contribution in [2.45, 2.75) is 62.9 Å². The zero-order chi connectivity index (χ0) is 21.0. The van der Waals surface area contributed by atoms with Gasteiger partial charge in [-0.05, 0) is 44.4 Å². The van der Waals surface area contributed by atoms with Crippen molar-refractivity contribution in [3.63, 3.8) is 0 Å². The first-order valence-corrected chi connectivity index (χ1v) is 11.1. The molecule has 0 radical (unpaired) electrons. The quantitative estimate of drug-likeness (QED) is 0.756. The number of para-hydroxylation sites is 1. The molecule has 160 valence electrons. The smallest absolute Gasteiger partial charge is 0.243 e. The van der Waals surface area contributed by atoms with E-state index in [2.05, 4.69) is 26.8 Å². The lowest BCUT2D eigenvalue weighted by Crippen LogP contribution is -2.57. The normalized spacial score (nSPS) is 21.1. The lowest BCUT2D eigenvalue weighted by Gasteiger charge is -2.37. The molecule has 1 unspecified atom stereocenters. The van der Waals surface area contributed by atoms with E-state index in [4.69, 9.17) is 4.52 Å². The van der Waals surface area contributed by atoms with Gasteiger partial charge in [0.05, 0.1) is 11.5 Å². The summed E-state index contributed by atoms with van der Waals surface area (Å²) in [5.41, 5.74) is -0.0947. The number of carbonyl (C=O) groups excluding carboxylic acids is 1. The largest absolute Gasteiger partial charge is 0.355 e. The summed E-state index contributed by atoms with van der Waals surface area (Å²) in [5, 5.41) is 21.3. The Morgan fingerprint density at radius 2 is 2.03 bits per heavy atom. The van der Waals surface area contributed by atoms with Gasteiger partial charge in [-0.15, -0.1) is 0 Å². The van der Waals surface area contributed by atoms with Gasteiger partial charge in [0.25, 0.3) is 0 Å². The summed E-state index contributed by atoms with van der Waals surface area (Å²) in [6.45, 7) is 1.62. The molecule has 30 heavy (non-hydrogen) atoms. The molecular formula is C23H31N5O2. The Morgan fingerprint density at radius 3 is 2.77 bits per heavy atom. The Labute approximate surface area is 177 Å². The predicted octanol–water partition coefficient (Wildman–Crippen LogP) is 3.68. The van der Waals surface area contributed by atoms with E-state index in [0.29, 0.717) is 30.2 Å². The first-order valence-electron chi connectivity index (χ1n) is 11.1. The van der Waals surface area contributed by atoms with Crippen LogP contribution in [0, 0.1) is 17.2 Å². The number of hydrogen-bond donors (Lipinski definition) is 2. The van der Waals surface area contributed by atoms with Crippen LogP contribution in [0.1, 0.15) is 51.4 Å². The minimum atomic E-state index is -0.790. The number of amides is 1. The van der Waals surface area contributed by atoms with Crippen molar-refractivity contribution >= 4 is 22.7 Å². The average molecular weight is 410 g/mol. The maximum Gasteiger partial charge on any atom is 0.243 e. The Morgan fingerprint density at radius 1 is 1.30 bits per heavy atom.